The highest BCUT2D eigenvalue weighted by Crippen LogP contribution is 2.13. The Labute approximate surface area is 113 Å². The molecule has 1 aromatic heterocycles. The summed E-state index contributed by atoms with van der Waals surface area (Å²) in [4.78, 5) is 11.7. The molecule has 1 atom stereocenters. The van der Waals surface area contributed by atoms with E-state index in [1.807, 2.05) is 13.8 Å². The van der Waals surface area contributed by atoms with Gasteiger partial charge >= 0.3 is 0 Å². The fourth-order valence-electron chi connectivity index (χ4n) is 1.49. The zero-order valence-electron chi connectivity index (χ0n) is 10.9. The van der Waals surface area contributed by atoms with Gasteiger partial charge in [0.1, 0.15) is 5.82 Å². The Morgan fingerprint density at radius 3 is 2.78 bits per heavy atom. The maximum Gasteiger partial charge on any atom is 0.228 e. The molecule has 1 heterocycles. The molecule has 3 N–H and O–H groups in total. The Balaban J connectivity index is 0.00000289. The van der Waals surface area contributed by atoms with E-state index in [4.69, 9.17) is 10.5 Å². The molecule has 0 radical (unpaired) electrons. The van der Waals surface area contributed by atoms with Crippen molar-refractivity contribution < 1.29 is 9.53 Å². The number of nitrogens with two attached hydrogens (primary N) is 1. The van der Waals surface area contributed by atoms with E-state index in [0.29, 0.717) is 12.4 Å². The van der Waals surface area contributed by atoms with Crippen molar-refractivity contribution in [3.8, 4) is 0 Å². The van der Waals surface area contributed by atoms with Crippen LogP contribution in [0.15, 0.2) is 12.3 Å². The fraction of sp³-hybridized carbons (Fsp3) is 0.636. The van der Waals surface area contributed by atoms with Gasteiger partial charge in [0.2, 0.25) is 5.91 Å². The van der Waals surface area contributed by atoms with Crippen LogP contribution in [-0.4, -0.2) is 35.4 Å². The number of ether oxygens (including phenoxy) is 1. The lowest BCUT2D eigenvalue weighted by atomic mass is 10.2. The van der Waals surface area contributed by atoms with Crippen molar-refractivity contribution in [2.75, 3.05) is 19.0 Å². The summed E-state index contributed by atoms with van der Waals surface area (Å²) in [6.07, 6.45) is 1.66. The first-order chi connectivity index (χ1) is 8.08. The average Bonchev–Trinajstić information content (AvgIpc) is 2.74. The molecule has 1 rings (SSSR count). The minimum atomic E-state index is -0.245. The SMILES string of the molecule is COC(CN)CC(=O)Nc1ccnn1C(C)C.Cl. The maximum atomic E-state index is 11.7. The Morgan fingerprint density at radius 1 is 1.61 bits per heavy atom. The normalized spacial score (nSPS) is 12.1. The van der Waals surface area contributed by atoms with Gasteiger partial charge in [-0.2, -0.15) is 5.10 Å². The summed E-state index contributed by atoms with van der Waals surface area (Å²) in [5, 5.41) is 6.93. The third kappa shape index (κ3) is 4.64. The van der Waals surface area contributed by atoms with Gasteiger partial charge in [-0.3, -0.25) is 4.79 Å². The van der Waals surface area contributed by atoms with Gasteiger partial charge in [0.15, 0.2) is 0 Å². The van der Waals surface area contributed by atoms with E-state index in [2.05, 4.69) is 10.4 Å². The van der Waals surface area contributed by atoms with E-state index in [9.17, 15) is 4.79 Å². The molecule has 0 saturated carbocycles. The van der Waals surface area contributed by atoms with Crippen LogP contribution in [0.1, 0.15) is 26.3 Å². The highest BCUT2D eigenvalue weighted by Gasteiger charge is 2.14. The zero-order chi connectivity index (χ0) is 12.8. The number of nitrogens with one attached hydrogen (secondary N) is 1. The van der Waals surface area contributed by atoms with Crippen molar-refractivity contribution in [2.45, 2.75) is 32.4 Å². The lowest BCUT2D eigenvalue weighted by molar-refractivity contribution is -0.118. The summed E-state index contributed by atoms with van der Waals surface area (Å²) >= 11 is 0. The number of anilines is 1. The number of halogens is 1. The van der Waals surface area contributed by atoms with Crippen LogP contribution in [0.3, 0.4) is 0 Å². The van der Waals surface area contributed by atoms with Gasteiger partial charge in [0.25, 0.3) is 0 Å². The molecule has 1 unspecified atom stereocenters. The van der Waals surface area contributed by atoms with Crippen LogP contribution in [0, 0.1) is 0 Å². The summed E-state index contributed by atoms with van der Waals surface area (Å²) in [5.74, 6) is 0.571. The maximum absolute atomic E-state index is 11.7. The zero-order valence-corrected chi connectivity index (χ0v) is 11.7. The lowest BCUT2D eigenvalue weighted by Crippen LogP contribution is -2.28. The number of nitrogens with zero attached hydrogens (tertiary/aromatic N) is 2. The lowest BCUT2D eigenvalue weighted by Gasteiger charge is -2.14. The largest absolute Gasteiger partial charge is 0.380 e. The molecule has 0 aliphatic rings. The van der Waals surface area contributed by atoms with Crippen LogP contribution in [0.4, 0.5) is 5.82 Å². The number of amides is 1. The van der Waals surface area contributed by atoms with E-state index in [1.54, 1.807) is 24.1 Å². The molecule has 0 aliphatic heterocycles. The van der Waals surface area contributed by atoms with Crippen molar-refractivity contribution in [1.82, 2.24) is 9.78 Å². The summed E-state index contributed by atoms with van der Waals surface area (Å²) in [6, 6.07) is 1.97. The monoisotopic (exact) mass is 276 g/mol. The van der Waals surface area contributed by atoms with E-state index in [0.717, 1.165) is 0 Å². The molecule has 7 heteroatoms. The first-order valence-corrected chi connectivity index (χ1v) is 5.64. The number of aromatic nitrogens is 2. The predicted octanol–water partition coefficient (Wildman–Crippen LogP) is 1.19. The summed E-state index contributed by atoms with van der Waals surface area (Å²) in [6.45, 7) is 4.33. The first kappa shape index (κ1) is 16.9. The summed E-state index contributed by atoms with van der Waals surface area (Å²) in [7, 11) is 1.54. The Bertz CT molecular complexity index is 364. The third-order valence-electron chi connectivity index (χ3n) is 2.44. The number of hydrogen-bond acceptors (Lipinski definition) is 4. The van der Waals surface area contributed by atoms with Gasteiger partial charge < -0.3 is 15.8 Å². The van der Waals surface area contributed by atoms with E-state index < -0.39 is 0 Å². The predicted molar refractivity (Wildman–Crippen MR) is 73.0 cm³/mol. The smallest absolute Gasteiger partial charge is 0.228 e. The van der Waals surface area contributed by atoms with Gasteiger partial charge in [-0.15, -0.1) is 12.4 Å². The first-order valence-electron chi connectivity index (χ1n) is 5.64. The van der Waals surface area contributed by atoms with Crippen molar-refractivity contribution in [2.24, 2.45) is 5.73 Å². The molecule has 0 fully saturated rings. The van der Waals surface area contributed by atoms with Crippen molar-refractivity contribution in [1.29, 1.82) is 0 Å². The molecule has 1 aromatic rings. The number of carbonyl (C=O) groups excluding carboxylic acids is 1. The molecular formula is C11H21ClN4O2. The number of rotatable bonds is 6. The summed E-state index contributed by atoms with van der Waals surface area (Å²) in [5.41, 5.74) is 5.46. The second-order valence-electron chi connectivity index (χ2n) is 4.10. The number of carbonyl (C=O) groups is 1. The van der Waals surface area contributed by atoms with E-state index in [1.165, 1.54) is 0 Å². The molecule has 6 nitrogen and oxygen atoms in total. The van der Waals surface area contributed by atoms with Crippen molar-refractivity contribution in [3.05, 3.63) is 12.3 Å². The molecule has 0 spiro atoms. The van der Waals surface area contributed by atoms with Crippen LogP contribution in [0.2, 0.25) is 0 Å². The molecule has 0 bridgehead atoms. The molecule has 104 valence electrons. The number of methoxy groups -OCH3 is 1. The molecule has 18 heavy (non-hydrogen) atoms. The van der Waals surface area contributed by atoms with Crippen molar-refractivity contribution >= 4 is 24.1 Å². The van der Waals surface area contributed by atoms with Crippen LogP contribution in [0.25, 0.3) is 0 Å². The van der Waals surface area contributed by atoms with Crippen LogP contribution >= 0.6 is 12.4 Å². The second kappa shape index (κ2) is 8.07. The van der Waals surface area contributed by atoms with Crippen LogP contribution in [-0.2, 0) is 9.53 Å². The van der Waals surface area contributed by atoms with E-state index >= 15 is 0 Å². The van der Waals surface area contributed by atoms with Crippen LogP contribution < -0.4 is 11.1 Å². The Morgan fingerprint density at radius 2 is 2.28 bits per heavy atom. The quantitative estimate of drug-likeness (QED) is 0.818. The van der Waals surface area contributed by atoms with Gasteiger partial charge in [0, 0.05) is 25.8 Å². The standard InChI is InChI=1S/C11H20N4O2.ClH/c1-8(2)15-10(4-5-13-15)14-11(16)6-9(7-12)17-3;/h4-5,8-9H,6-7,12H2,1-3H3,(H,14,16);1H. The van der Waals surface area contributed by atoms with Gasteiger partial charge in [-0.05, 0) is 13.8 Å². The molecule has 1 amide bonds. The number of hydrogen-bond donors (Lipinski definition) is 2. The highest BCUT2D eigenvalue weighted by atomic mass is 35.5. The third-order valence-corrected chi connectivity index (χ3v) is 2.44. The highest BCUT2D eigenvalue weighted by molar-refractivity contribution is 5.90. The second-order valence-corrected chi connectivity index (χ2v) is 4.10. The topological polar surface area (TPSA) is 82.2 Å². The fourth-order valence-corrected chi connectivity index (χ4v) is 1.49. The van der Waals surface area contributed by atoms with E-state index in [-0.39, 0.29) is 36.9 Å². The molecule has 0 aromatic carbocycles. The van der Waals surface area contributed by atoms with Gasteiger partial charge in [-0.25, -0.2) is 4.68 Å². The van der Waals surface area contributed by atoms with Gasteiger partial charge in [0.05, 0.1) is 18.7 Å². The minimum Gasteiger partial charge on any atom is -0.380 e. The molecule has 0 saturated heterocycles. The molecular weight excluding hydrogens is 256 g/mol. The molecule has 0 aliphatic carbocycles. The van der Waals surface area contributed by atoms with Crippen molar-refractivity contribution in [3.63, 3.8) is 0 Å². The Hall–Kier alpha value is -1.11. The summed E-state index contributed by atoms with van der Waals surface area (Å²) < 4.78 is 6.81. The minimum absolute atomic E-state index is 0. The van der Waals surface area contributed by atoms with Gasteiger partial charge in [-0.1, -0.05) is 0 Å². The average molecular weight is 277 g/mol. The Kier molecular flexibility index (Phi) is 7.58. The van der Waals surface area contributed by atoms with Crippen LogP contribution in [0.5, 0.6) is 0 Å².